The van der Waals surface area contributed by atoms with Crippen molar-refractivity contribution >= 4 is 23.6 Å². The number of rotatable bonds is 8. The number of hydrogen-bond donors (Lipinski definition) is 1. The minimum Gasteiger partial charge on any atom is -0.481 e. The predicted molar refractivity (Wildman–Crippen MR) is 80.0 cm³/mol. The van der Waals surface area contributed by atoms with E-state index in [0.29, 0.717) is 38.3 Å². The summed E-state index contributed by atoms with van der Waals surface area (Å²) in [5.41, 5.74) is -0.736. The van der Waals surface area contributed by atoms with Crippen LogP contribution in [0.1, 0.15) is 32.6 Å². The van der Waals surface area contributed by atoms with Crippen molar-refractivity contribution in [2.75, 3.05) is 38.3 Å². The van der Waals surface area contributed by atoms with Crippen molar-refractivity contribution in [1.82, 2.24) is 4.90 Å². The molecule has 0 aromatic rings. The molecule has 0 radical (unpaired) electrons. The number of methoxy groups -OCH3 is 1. The second-order valence-electron chi connectivity index (χ2n) is 5.30. The number of aliphatic carboxylic acids is 1. The second-order valence-corrected chi connectivity index (χ2v) is 6.40. The molecule has 0 aliphatic carbocycles. The summed E-state index contributed by atoms with van der Waals surface area (Å²) >= 11 is 1.54. The lowest BCUT2D eigenvalue weighted by atomic mass is 9.76. The zero-order valence-corrected chi connectivity index (χ0v) is 13.2. The van der Waals surface area contributed by atoms with Crippen molar-refractivity contribution in [1.29, 1.82) is 0 Å². The lowest BCUT2D eigenvalue weighted by molar-refractivity contribution is -0.155. The van der Waals surface area contributed by atoms with E-state index in [1.165, 1.54) is 11.8 Å². The third-order valence-electron chi connectivity index (χ3n) is 3.77. The van der Waals surface area contributed by atoms with E-state index in [9.17, 15) is 14.7 Å². The summed E-state index contributed by atoms with van der Waals surface area (Å²) in [5, 5.41) is 9.51. The number of piperidine rings is 1. The monoisotopic (exact) mass is 303 g/mol. The van der Waals surface area contributed by atoms with E-state index in [1.807, 2.05) is 6.92 Å². The smallest absolute Gasteiger partial charge is 0.311 e. The molecule has 1 unspecified atom stereocenters. The molecule has 1 amide bonds. The number of carboxylic acid groups (broad SMARTS) is 1. The van der Waals surface area contributed by atoms with Crippen LogP contribution in [0.25, 0.3) is 0 Å². The topological polar surface area (TPSA) is 66.8 Å². The van der Waals surface area contributed by atoms with E-state index in [2.05, 4.69) is 0 Å². The van der Waals surface area contributed by atoms with Crippen LogP contribution in [-0.2, 0) is 14.3 Å². The molecule has 1 N–H and O–H groups in total. The Morgan fingerprint density at radius 3 is 2.80 bits per heavy atom. The molecule has 0 aromatic carbocycles. The number of nitrogens with zero attached hydrogens (tertiary/aromatic N) is 1. The summed E-state index contributed by atoms with van der Waals surface area (Å²) in [7, 11) is 1.64. The minimum atomic E-state index is -0.760. The van der Waals surface area contributed by atoms with Gasteiger partial charge in [-0.3, -0.25) is 9.59 Å². The van der Waals surface area contributed by atoms with Crippen LogP contribution in [0.3, 0.4) is 0 Å². The van der Waals surface area contributed by atoms with Crippen LogP contribution in [0, 0.1) is 5.41 Å². The predicted octanol–water partition coefficient (Wildman–Crippen LogP) is 1.86. The fourth-order valence-corrected chi connectivity index (χ4v) is 3.49. The van der Waals surface area contributed by atoms with Crippen LogP contribution >= 0.6 is 11.8 Å². The number of carbonyl (C=O) groups is 2. The van der Waals surface area contributed by atoms with Crippen LogP contribution in [0.4, 0.5) is 0 Å². The Kier molecular flexibility index (Phi) is 7.37. The first-order valence-electron chi connectivity index (χ1n) is 7.13. The maximum Gasteiger partial charge on any atom is 0.311 e. The summed E-state index contributed by atoms with van der Waals surface area (Å²) < 4.78 is 4.94. The van der Waals surface area contributed by atoms with Gasteiger partial charge in [0.1, 0.15) is 0 Å². The number of amides is 1. The van der Waals surface area contributed by atoms with Gasteiger partial charge < -0.3 is 14.7 Å². The molecular weight excluding hydrogens is 278 g/mol. The molecule has 1 rings (SSSR count). The van der Waals surface area contributed by atoms with Crippen LogP contribution in [0.2, 0.25) is 0 Å². The highest BCUT2D eigenvalue weighted by atomic mass is 32.2. The van der Waals surface area contributed by atoms with Crippen molar-refractivity contribution in [3.05, 3.63) is 0 Å². The molecule has 1 aliphatic heterocycles. The molecule has 0 spiro atoms. The Hall–Kier alpha value is -0.750. The summed E-state index contributed by atoms with van der Waals surface area (Å²) in [5.74, 6) is 0.483. The second kappa shape index (κ2) is 8.52. The molecule has 1 aliphatic rings. The maximum absolute atomic E-state index is 12.1. The normalized spacial score (nSPS) is 22.8. The minimum absolute atomic E-state index is 0.0486. The Bertz CT molecular complexity index is 333. The number of thioether (sulfide) groups is 1. The van der Waals surface area contributed by atoms with Crippen LogP contribution in [0.5, 0.6) is 0 Å². The molecule has 5 nitrogen and oxygen atoms in total. The van der Waals surface area contributed by atoms with Gasteiger partial charge in [-0.2, -0.15) is 0 Å². The highest BCUT2D eigenvalue weighted by molar-refractivity contribution is 7.99. The lowest BCUT2D eigenvalue weighted by Gasteiger charge is -2.40. The Morgan fingerprint density at radius 2 is 2.20 bits per heavy atom. The standard InChI is InChI=1S/C14H25NO4S/c1-3-5-14(13(17)18)6-4-7-15(11-14)12(16)10-20-9-8-19-2/h3-11H2,1-2H3,(H,17,18). The highest BCUT2D eigenvalue weighted by Gasteiger charge is 2.42. The van der Waals surface area contributed by atoms with Crippen LogP contribution in [0.15, 0.2) is 0 Å². The van der Waals surface area contributed by atoms with Gasteiger partial charge in [0.2, 0.25) is 5.91 Å². The van der Waals surface area contributed by atoms with Gasteiger partial charge in [0.25, 0.3) is 0 Å². The van der Waals surface area contributed by atoms with E-state index in [1.54, 1.807) is 12.0 Å². The van der Waals surface area contributed by atoms with E-state index >= 15 is 0 Å². The van der Waals surface area contributed by atoms with E-state index in [4.69, 9.17) is 4.74 Å². The summed E-state index contributed by atoms with van der Waals surface area (Å²) in [6.45, 7) is 3.67. The van der Waals surface area contributed by atoms with Crippen molar-refractivity contribution in [2.24, 2.45) is 5.41 Å². The van der Waals surface area contributed by atoms with Crippen LogP contribution in [-0.4, -0.2) is 60.2 Å². The average molecular weight is 303 g/mol. The van der Waals surface area contributed by atoms with Crippen molar-refractivity contribution in [3.63, 3.8) is 0 Å². The Balaban J connectivity index is 2.54. The SMILES string of the molecule is CCCC1(C(=O)O)CCCN(C(=O)CSCCOC)C1. The molecule has 1 fully saturated rings. The molecule has 0 aromatic heterocycles. The molecule has 116 valence electrons. The van der Waals surface area contributed by atoms with Gasteiger partial charge in [0, 0.05) is 26.0 Å². The van der Waals surface area contributed by atoms with Crippen LogP contribution < -0.4 is 0 Å². The molecular formula is C14H25NO4S. The van der Waals surface area contributed by atoms with Gasteiger partial charge in [-0.25, -0.2) is 0 Å². The molecule has 20 heavy (non-hydrogen) atoms. The van der Waals surface area contributed by atoms with Gasteiger partial charge in [-0.15, -0.1) is 11.8 Å². The summed E-state index contributed by atoms with van der Waals surface area (Å²) in [4.78, 5) is 25.5. The Labute approximate surface area is 125 Å². The third-order valence-corrected chi connectivity index (χ3v) is 4.68. The maximum atomic E-state index is 12.1. The van der Waals surface area contributed by atoms with Crippen molar-refractivity contribution in [3.8, 4) is 0 Å². The summed E-state index contributed by atoms with van der Waals surface area (Å²) in [6.07, 6.45) is 2.93. The van der Waals surface area contributed by atoms with Gasteiger partial charge in [-0.05, 0) is 19.3 Å². The third kappa shape index (κ3) is 4.66. The quantitative estimate of drug-likeness (QED) is 0.693. The van der Waals surface area contributed by atoms with E-state index < -0.39 is 11.4 Å². The molecule has 0 saturated carbocycles. The number of carboxylic acids is 1. The first kappa shape index (κ1) is 17.3. The first-order valence-corrected chi connectivity index (χ1v) is 8.29. The lowest BCUT2D eigenvalue weighted by Crippen LogP contribution is -2.50. The molecule has 1 heterocycles. The number of hydrogen-bond acceptors (Lipinski definition) is 4. The Morgan fingerprint density at radius 1 is 1.45 bits per heavy atom. The van der Waals surface area contributed by atoms with E-state index in [0.717, 1.165) is 18.6 Å². The summed E-state index contributed by atoms with van der Waals surface area (Å²) in [6, 6.07) is 0. The average Bonchev–Trinajstić information content (AvgIpc) is 2.44. The molecule has 1 atom stereocenters. The molecule has 0 bridgehead atoms. The van der Waals surface area contributed by atoms with Crippen molar-refractivity contribution < 1.29 is 19.4 Å². The largest absolute Gasteiger partial charge is 0.481 e. The zero-order valence-electron chi connectivity index (χ0n) is 12.4. The highest BCUT2D eigenvalue weighted by Crippen LogP contribution is 2.35. The number of likely N-dealkylation sites (tertiary alicyclic amines) is 1. The van der Waals surface area contributed by atoms with Gasteiger partial charge in [0.05, 0.1) is 17.8 Å². The molecule has 1 saturated heterocycles. The van der Waals surface area contributed by atoms with Crippen molar-refractivity contribution in [2.45, 2.75) is 32.6 Å². The zero-order chi connectivity index (χ0) is 15.0. The molecule has 6 heteroatoms. The fraction of sp³-hybridized carbons (Fsp3) is 0.857. The van der Waals surface area contributed by atoms with Gasteiger partial charge in [0.15, 0.2) is 0 Å². The number of carbonyl (C=O) groups excluding carboxylic acids is 1. The number of ether oxygens (including phenoxy) is 1. The first-order chi connectivity index (χ1) is 9.55. The fourth-order valence-electron chi connectivity index (χ4n) is 2.70. The van der Waals surface area contributed by atoms with E-state index in [-0.39, 0.29) is 5.91 Å². The van der Waals surface area contributed by atoms with Gasteiger partial charge in [-0.1, -0.05) is 13.3 Å². The van der Waals surface area contributed by atoms with Gasteiger partial charge >= 0.3 is 5.97 Å².